The Morgan fingerprint density at radius 3 is 2.62 bits per heavy atom. The third kappa shape index (κ3) is 0.966. The molecule has 2 aliphatic carbocycles. The van der Waals surface area contributed by atoms with Gasteiger partial charge in [-0.15, -0.1) is 0 Å². The van der Waals surface area contributed by atoms with Gasteiger partial charge in [-0.2, -0.15) is 0 Å². The molecule has 70 valence electrons. The van der Waals surface area contributed by atoms with Crippen LogP contribution < -0.4 is 0 Å². The van der Waals surface area contributed by atoms with Gasteiger partial charge in [0.25, 0.3) is 0 Å². The minimum Gasteiger partial charge on any atom is -0.324 e. The van der Waals surface area contributed by atoms with E-state index in [0.29, 0.717) is 0 Å². The highest BCUT2D eigenvalue weighted by molar-refractivity contribution is 7.71. The lowest BCUT2D eigenvalue weighted by Crippen LogP contribution is -2.00. The zero-order valence-corrected chi connectivity index (χ0v) is 8.73. The number of hydrogen-bond acceptors (Lipinski definition) is 1. The molecule has 0 atom stereocenters. The molecule has 1 heterocycles. The summed E-state index contributed by atoms with van der Waals surface area (Å²) in [6.07, 6.45) is 6.47. The monoisotopic (exact) mass is 194 g/mol. The van der Waals surface area contributed by atoms with E-state index in [1.165, 1.54) is 43.5 Å². The first-order valence-electron chi connectivity index (χ1n) is 5.08. The van der Waals surface area contributed by atoms with Crippen molar-refractivity contribution in [3.05, 3.63) is 16.2 Å². The van der Waals surface area contributed by atoms with Crippen LogP contribution in [0.2, 0.25) is 0 Å². The van der Waals surface area contributed by atoms with E-state index in [1.807, 2.05) is 0 Å². The Balaban J connectivity index is 2.27. The molecule has 0 radical (unpaired) electrons. The summed E-state index contributed by atoms with van der Waals surface area (Å²) in [7, 11) is 2.12. The topological polar surface area (TPSA) is 9.86 Å². The maximum Gasteiger partial charge on any atom is 0.180 e. The van der Waals surface area contributed by atoms with Crippen LogP contribution in [0.15, 0.2) is 0 Å². The van der Waals surface area contributed by atoms with E-state index in [9.17, 15) is 0 Å². The Kier molecular flexibility index (Phi) is 1.48. The first-order chi connectivity index (χ1) is 6.29. The summed E-state index contributed by atoms with van der Waals surface area (Å²) in [5, 5.41) is 0. The molecule has 3 heteroatoms. The van der Waals surface area contributed by atoms with Crippen molar-refractivity contribution in [3.63, 3.8) is 0 Å². The summed E-state index contributed by atoms with van der Waals surface area (Å²) in [6, 6.07) is 0.751. The van der Waals surface area contributed by atoms with Crippen LogP contribution >= 0.6 is 12.2 Å². The second-order valence-electron chi connectivity index (χ2n) is 4.19. The van der Waals surface area contributed by atoms with Gasteiger partial charge in [0.1, 0.15) is 0 Å². The molecule has 0 N–H and O–H groups in total. The molecule has 13 heavy (non-hydrogen) atoms. The predicted molar refractivity (Wildman–Crippen MR) is 54.5 cm³/mol. The summed E-state index contributed by atoms with van der Waals surface area (Å²) in [5.74, 6) is 0. The van der Waals surface area contributed by atoms with Gasteiger partial charge in [-0.05, 0) is 44.3 Å². The van der Waals surface area contributed by atoms with Crippen molar-refractivity contribution in [1.82, 2.24) is 9.13 Å². The molecular formula is C10H14N2S. The van der Waals surface area contributed by atoms with E-state index in [4.69, 9.17) is 12.2 Å². The molecule has 3 rings (SSSR count). The zero-order valence-electron chi connectivity index (χ0n) is 7.92. The normalized spacial score (nSPS) is 20.7. The summed E-state index contributed by atoms with van der Waals surface area (Å²) in [5.41, 5.74) is 3.03. The molecule has 0 aliphatic heterocycles. The summed E-state index contributed by atoms with van der Waals surface area (Å²) in [6.45, 7) is 0. The van der Waals surface area contributed by atoms with Crippen molar-refractivity contribution in [1.29, 1.82) is 0 Å². The Morgan fingerprint density at radius 1 is 1.23 bits per heavy atom. The zero-order chi connectivity index (χ0) is 9.00. The summed E-state index contributed by atoms with van der Waals surface area (Å²) in [4.78, 5) is 0. The number of rotatable bonds is 1. The molecule has 0 bridgehead atoms. The van der Waals surface area contributed by atoms with Crippen molar-refractivity contribution in [2.45, 2.75) is 38.1 Å². The summed E-state index contributed by atoms with van der Waals surface area (Å²) >= 11 is 5.44. The Bertz CT molecular complexity index is 409. The van der Waals surface area contributed by atoms with E-state index in [-0.39, 0.29) is 0 Å². The van der Waals surface area contributed by atoms with Crippen LogP contribution in [-0.2, 0) is 19.9 Å². The van der Waals surface area contributed by atoms with Crippen LogP contribution in [0.3, 0.4) is 0 Å². The Hall–Kier alpha value is -0.570. The fourth-order valence-electron chi connectivity index (χ4n) is 2.43. The number of fused-ring (bicyclic) bond motifs is 1. The van der Waals surface area contributed by atoms with Gasteiger partial charge >= 0.3 is 0 Å². The lowest BCUT2D eigenvalue weighted by atomic mass is 10.3. The van der Waals surface area contributed by atoms with E-state index >= 15 is 0 Å². The highest BCUT2D eigenvalue weighted by Crippen LogP contribution is 2.39. The SMILES string of the molecule is Cn1c2c(n(C3CC3)c1=S)CCC2. The Labute approximate surface area is 83.2 Å². The molecule has 2 nitrogen and oxygen atoms in total. The second kappa shape index (κ2) is 2.47. The van der Waals surface area contributed by atoms with Gasteiger partial charge in [-0.1, -0.05) is 0 Å². The summed E-state index contributed by atoms with van der Waals surface area (Å²) < 4.78 is 5.68. The molecular weight excluding hydrogens is 180 g/mol. The van der Waals surface area contributed by atoms with Crippen LogP contribution in [0, 0.1) is 4.77 Å². The highest BCUT2D eigenvalue weighted by atomic mass is 32.1. The molecule has 0 saturated heterocycles. The van der Waals surface area contributed by atoms with Crippen LogP contribution in [0.5, 0.6) is 0 Å². The van der Waals surface area contributed by atoms with E-state index in [0.717, 1.165) is 10.8 Å². The van der Waals surface area contributed by atoms with Gasteiger partial charge in [-0.3, -0.25) is 0 Å². The molecule has 1 aromatic heterocycles. The molecule has 0 unspecified atom stereocenters. The third-order valence-corrected chi connectivity index (χ3v) is 3.73. The molecule has 1 aromatic rings. The number of aromatic nitrogens is 2. The van der Waals surface area contributed by atoms with Crippen molar-refractivity contribution < 1.29 is 0 Å². The number of imidazole rings is 1. The van der Waals surface area contributed by atoms with Crippen LogP contribution in [0.4, 0.5) is 0 Å². The average Bonchev–Trinajstić information content (AvgIpc) is 2.77. The van der Waals surface area contributed by atoms with Crippen molar-refractivity contribution in [2.24, 2.45) is 7.05 Å². The van der Waals surface area contributed by atoms with Crippen molar-refractivity contribution >= 4 is 12.2 Å². The molecule has 2 aliphatic rings. The van der Waals surface area contributed by atoms with Crippen LogP contribution in [0.25, 0.3) is 0 Å². The Morgan fingerprint density at radius 2 is 1.92 bits per heavy atom. The highest BCUT2D eigenvalue weighted by Gasteiger charge is 2.30. The van der Waals surface area contributed by atoms with Gasteiger partial charge in [0.05, 0.1) is 0 Å². The maximum absolute atomic E-state index is 5.44. The van der Waals surface area contributed by atoms with Crippen LogP contribution in [0.1, 0.15) is 36.7 Å². The largest absolute Gasteiger partial charge is 0.324 e. The minimum absolute atomic E-state index is 0.751. The molecule has 0 amide bonds. The fourth-order valence-corrected chi connectivity index (χ4v) is 2.80. The van der Waals surface area contributed by atoms with Gasteiger partial charge in [0.2, 0.25) is 0 Å². The first kappa shape index (κ1) is 7.80. The maximum atomic E-state index is 5.44. The minimum atomic E-state index is 0.751. The van der Waals surface area contributed by atoms with E-state index in [2.05, 4.69) is 16.2 Å². The standard InChI is InChI=1S/C10H14N2S/c1-11-8-3-2-4-9(8)12(10(11)13)7-5-6-7/h7H,2-6H2,1H3. The smallest absolute Gasteiger partial charge is 0.180 e. The van der Waals surface area contributed by atoms with Gasteiger partial charge < -0.3 is 9.13 Å². The lowest BCUT2D eigenvalue weighted by Gasteiger charge is -2.02. The van der Waals surface area contributed by atoms with E-state index in [1.54, 1.807) is 0 Å². The number of nitrogens with zero attached hydrogens (tertiary/aromatic N) is 2. The average molecular weight is 194 g/mol. The van der Waals surface area contributed by atoms with Crippen LogP contribution in [-0.4, -0.2) is 9.13 Å². The van der Waals surface area contributed by atoms with Gasteiger partial charge in [0.15, 0.2) is 4.77 Å². The third-order valence-electron chi connectivity index (χ3n) is 3.26. The van der Waals surface area contributed by atoms with Crippen molar-refractivity contribution in [3.8, 4) is 0 Å². The quantitative estimate of drug-likeness (QED) is 0.624. The molecule has 0 aromatic carbocycles. The lowest BCUT2D eigenvalue weighted by molar-refractivity contribution is 0.657. The number of hydrogen-bond donors (Lipinski definition) is 0. The second-order valence-corrected chi connectivity index (χ2v) is 4.55. The van der Waals surface area contributed by atoms with E-state index < -0.39 is 0 Å². The van der Waals surface area contributed by atoms with Crippen molar-refractivity contribution in [2.75, 3.05) is 0 Å². The predicted octanol–water partition coefficient (Wildman–Crippen LogP) is 2.38. The molecule has 1 saturated carbocycles. The molecule has 1 fully saturated rings. The van der Waals surface area contributed by atoms with Gasteiger partial charge in [0, 0.05) is 24.5 Å². The van der Waals surface area contributed by atoms with Gasteiger partial charge in [-0.25, -0.2) is 0 Å². The fraction of sp³-hybridized carbons (Fsp3) is 0.700. The first-order valence-corrected chi connectivity index (χ1v) is 5.49. The molecule has 0 spiro atoms.